The van der Waals surface area contributed by atoms with Crippen LogP contribution in [0.15, 0.2) is 35.2 Å². The van der Waals surface area contributed by atoms with Gasteiger partial charge in [0, 0.05) is 19.1 Å². The van der Waals surface area contributed by atoms with E-state index in [1.807, 2.05) is 6.07 Å². The lowest BCUT2D eigenvalue weighted by atomic mass is 9.99. The van der Waals surface area contributed by atoms with Crippen molar-refractivity contribution in [3.8, 4) is 0 Å². The zero-order chi connectivity index (χ0) is 14.6. The first-order valence-corrected chi connectivity index (χ1v) is 8.72. The van der Waals surface area contributed by atoms with Crippen molar-refractivity contribution in [1.29, 1.82) is 0 Å². The second-order valence-corrected chi connectivity index (χ2v) is 7.69. The molecule has 1 fully saturated rings. The van der Waals surface area contributed by atoms with E-state index in [1.165, 1.54) is 0 Å². The Hall–Kier alpha value is -0.910. The number of rotatable bonds is 5. The number of nitrogens with one attached hydrogen (secondary N) is 1. The molecule has 2 rings (SSSR count). The van der Waals surface area contributed by atoms with Crippen LogP contribution in [-0.4, -0.2) is 38.4 Å². The quantitative estimate of drug-likeness (QED) is 0.905. The summed E-state index contributed by atoms with van der Waals surface area (Å²) in [5, 5.41) is 3.41. The number of nitrogens with zero attached hydrogens (tertiary/aromatic N) is 1. The second kappa shape index (κ2) is 6.70. The Bertz CT molecular complexity index is 514. The highest BCUT2D eigenvalue weighted by molar-refractivity contribution is 7.89. The van der Waals surface area contributed by atoms with Crippen LogP contribution >= 0.6 is 0 Å². The van der Waals surface area contributed by atoms with Crippen molar-refractivity contribution in [3.63, 3.8) is 0 Å². The van der Waals surface area contributed by atoms with Crippen LogP contribution in [0, 0.1) is 5.92 Å². The number of hydrogen-bond donors (Lipinski definition) is 1. The lowest BCUT2D eigenvalue weighted by molar-refractivity contribution is 0.256. The molecule has 0 aromatic heterocycles. The molecule has 0 aliphatic carbocycles. The molecule has 0 amide bonds. The highest BCUT2D eigenvalue weighted by Gasteiger charge is 2.29. The Morgan fingerprint density at radius 1 is 1.30 bits per heavy atom. The lowest BCUT2D eigenvalue weighted by Gasteiger charge is -2.32. The Morgan fingerprint density at radius 3 is 2.65 bits per heavy atom. The first-order valence-electron chi connectivity index (χ1n) is 7.28. The van der Waals surface area contributed by atoms with Gasteiger partial charge in [0.05, 0.1) is 4.90 Å². The SMILES string of the molecule is CC(C)NCC1CCCN(S(=O)(=O)c2ccccc2)C1. The minimum atomic E-state index is -3.33. The minimum Gasteiger partial charge on any atom is -0.314 e. The predicted octanol–water partition coefficient (Wildman–Crippen LogP) is 2.09. The van der Waals surface area contributed by atoms with Crippen LogP contribution in [0.3, 0.4) is 0 Å². The van der Waals surface area contributed by atoms with Gasteiger partial charge in [-0.25, -0.2) is 8.42 Å². The van der Waals surface area contributed by atoms with Gasteiger partial charge in [-0.2, -0.15) is 4.31 Å². The van der Waals surface area contributed by atoms with E-state index in [9.17, 15) is 8.42 Å². The molecule has 1 atom stereocenters. The molecule has 1 aliphatic heterocycles. The zero-order valence-electron chi connectivity index (χ0n) is 12.2. The third kappa shape index (κ3) is 3.81. The molecule has 5 heteroatoms. The molecule has 1 saturated heterocycles. The summed E-state index contributed by atoms with van der Waals surface area (Å²) < 4.78 is 26.8. The normalized spacial score (nSPS) is 21.2. The van der Waals surface area contributed by atoms with E-state index in [4.69, 9.17) is 0 Å². The molecule has 1 aromatic rings. The average molecular weight is 296 g/mol. The Labute approximate surface area is 122 Å². The average Bonchev–Trinajstić information content (AvgIpc) is 2.46. The molecule has 0 bridgehead atoms. The molecule has 1 unspecified atom stereocenters. The molecule has 20 heavy (non-hydrogen) atoms. The Balaban J connectivity index is 2.05. The van der Waals surface area contributed by atoms with Crippen molar-refractivity contribution in [1.82, 2.24) is 9.62 Å². The van der Waals surface area contributed by atoms with Crippen LogP contribution in [0.5, 0.6) is 0 Å². The van der Waals surface area contributed by atoms with E-state index in [0.717, 1.165) is 19.4 Å². The first-order chi connectivity index (χ1) is 9.50. The van der Waals surface area contributed by atoms with Crippen molar-refractivity contribution in [2.24, 2.45) is 5.92 Å². The van der Waals surface area contributed by atoms with E-state index >= 15 is 0 Å². The summed E-state index contributed by atoms with van der Waals surface area (Å²) in [6, 6.07) is 9.17. The van der Waals surface area contributed by atoms with Gasteiger partial charge in [-0.15, -0.1) is 0 Å². The van der Waals surface area contributed by atoms with Gasteiger partial charge in [-0.3, -0.25) is 0 Å². The highest BCUT2D eigenvalue weighted by atomic mass is 32.2. The second-order valence-electron chi connectivity index (χ2n) is 5.75. The number of piperidine rings is 1. The van der Waals surface area contributed by atoms with Gasteiger partial charge in [0.25, 0.3) is 0 Å². The van der Waals surface area contributed by atoms with Gasteiger partial charge in [-0.1, -0.05) is 32.0 Å². The van der Waals surface area contributed by atoms with Crippen LogP contribution < -0.4 is 5.32 Å². The fourth-order valence-corrected chi connectivity index (χ4v) is 4.13. The van der Waals surface area contributed by atoms with Crippen molar-refractivity contribution in [2.45, 2.75) is 37.6 Å². The van der Waals surface area contributed by atoms with Gasteiger partial charge < -0.3 is 5.32 Å². The molecular formula is C15H24N2O2S. The van der Waals surface area contributed by atoms with Crippen LogP contribution in [0.1, 0.15) is 26.7 Å². The van der Waals surface area contributed by atoms with Gasteiger partial charge >= 0.3 is 0 Å². The molecule has 0 radical (unpaired) electrons. The molecule has 1 N–H and O–H groups in total. The summed E-state index contributed by atoms with van der Waals surface area (Å²) in [5.41, 5.74) is 0. The molecule has 0 saturated carbocycles. The van der Waals surface area contributed by atoms with Crippen LogP contribution in [-0.2, 0) is 10.0 Å². The molecule has 1 aliphatic rings. The molecule has 1 aromatic carbocycles. The third-order valence-corrected chi connectivity index (χ3v) is 5.56. The van der Waals surface area contributed by atoms with Crippen LogP contribution in [0.4, 0.5) is 0 Å². The Morgan fingerprint density at radius 2 is 2.00 bits per heavy atom. The number of sulfonamides is 1. The highest BCUT2D eigenvalue weighted by Crippen LogP contribution is 2.23. The molecular weight excluding hydrogens is 272 g/mol. The first kappa shape index (κ1) is 15.5. The fraction of sp³-hybridized carbons (Fsp3) is 0.600. The topological polar surface area (TPSA) is 49.4 Å². The zero-order valence-corrected chi connectivity index (χ0v) is 13.1. The maximum absolute atomic E-state index is 12.6. The van der Waals surface area contributed by atoms with Crippen molar-refractivity contribution in [3.05, 3.63) is 30.3 Å². The number of benzene rings is 1. The predicted molar refractivity (Wildman–Crippen MR) is 81.1 cm³/mol. The summed E-state index contributed by atoms with van der Waals surface area (Å²) in [6.07, 6.45) is 2.04. The maximum atomic E-state index is 12.6. The van der Waals surface area contributed by atoms with Crippen molar-refractivity contribution >= 4 is 10.0 Å². The lowest BCUT2D eigenvalue weighted by Crippen LogP contribution is -2.43. The molecule has 0 spiro atoms. The smallest absolute Gasteiger partial charge is 0.243 e. The van der Waals surface area contributed by atoms with E-state index in [-0.39, 0.29) is 0 Å². The fourth-order valence-electron chi connectivity index (χ4n) is 2.56. The van der Waals surface area contributed by atoms with E-state index in [0.29, 0.717) is 29.9 Å². The standard InChI is InChI=1S/C15H24N2O2S/c1-13(2)16-11-14-7-6-10-17(12-14)20(18,19)15-8-4-3-5-9-15/h3-5,8-9,13-14,16H,6-7,10-12H2,1-2H3. The Kier molecular flexibility index (Phi) is 5.18. The molecule has 112 valence electrons. The minimum absolute atomic E-state index is 0.400. The molecule has 4 nitrogen and oxygen atoms in total. The van der Waals surface area contributed by atoms with E-state index in [2.05, 4.69) is 19.2 Å². The van der Waals surface area contributed by atoms with Crippen molar-refractivity contribution < 1.29 is 8.42 Å². The summed E-state index contributed by atoms with van der Waals surface area (Å²) in [7, 11) is -3.33. The third-order valence-electron chi connectivity index (χ3n) is 3.68. The summed E-state index contributed by atoms with van der Waals surface area (Å²) in [5.74, 6) is 0.407. The largest absolute Gasteiger partial charge is 0.314 e. The summed E-state index contributed by atoms with van der Waals surface area (Å²) in [6.45, 7) is 6.37. The van der Waals surface area contributed by atoms with Gasteiger partial charge in [-0.05, 0) is 37.4 Å². The maximum Gasteiger partial charge on any atom is 0.243 e. The summed E-state index contributed by atoms with van der Waals surface area (Å²) >= 11 is 0. The van der Waals surface area contributed by atoms with E-state index < -0.39 is 10.0 Å². The van der Waals surface area contributed by atoms with E-state index in [1.54, 1.807) is 28.6 Å². The van der Waals surface area contributed by atoms with Gasteiger partial charge in [0.1, 0.15) is 0 Å². The summed E-state index contributed by atoms with van der Waals surface area (Å²) in [4.78, 5) is 0.400. The van der Waals surface area contributed by atoms with Gasteiger partial charge in [0.2, 0.25) is 10.0 Å². The monoisotopic (exact) mass is 296 g/mol. The van der Waals surface area contributed by atoms with Crippen LogP contribution in [0.25, 0.3) is 0 Å². The van der Waals surface area contributed by atoms with Gasteiger partial charge in [0.15, 0.2) is 0 Å². The van der Waals surface area contributed by atoms with Crippen molar-refractivity contribution in [2.75, 3.05) is 19.6 Å². The molecule has 1 heterocycles. The van der Waals surface area contributed by atoms with Crippen LogP contribution in [0.2, 0.25) is 0 Å². The number of hydrogen-bond acceptors (Lipinski definition) is 3.